The van der Waals surface area contributed by atoms with Gasteiger partial charge in [0, 0.05) is 20.1 Å². The highest BCUT2D eigenvalue weighted by atomic mass is 79.9. The number of halogens is 2. The van der Waals surface area contributed by atoms with Crippen LogP contribution in [-0.2, 0) is 9.59 Å². The number of carbonyl (C=O) groups is 2. The third kappa shape index (κ3) is 5.33. The van der Waals surface area contributed by atoms with Crippen LogP contribution in [0.4, 0.5) is 11.4 Å². The number of anilines is 2. The predicted octanol–water partition coefficient (Wildman–Crippen LogP) is 7.88. The number of hydrogen-bond donors (Lipinski definition) is 1. The average molecular weight is 578 g/mol. The van der Waals surface area contributed by atoms with Gasteiger partial charge in [0.05, 0.1) is 5.69 Å². The molecule has 5 nitrogen and oxygen atoms in total. The van der Waals surface area contributed by atoms with Crippen molar-refractivity contribution in [1.29, 1.82) is 0 Å². The minimum Gasteiger partial charge on any atom is -0.457 e. The van der Waals surface area contributed by atoms with Crippen LogP contribution in [0.5, 0.6) is 11.5 Å². The first-order valence-electron chi connectivity index (χ1n) is 10.9. The van der Waals surface area contributed by atoms with Gasteiger partial charge < -0.3 is 10.1 Å². The second kappa shape index (κ2) is 10.6. The van der Waals surface area contributed by atoms with Crippen LogP contribution in [-0.4, -0.2) is 11.8 Å². The molecule has 1 N–H and O–H groups in total. The largest absolute Gasteiger partial charge is 0.457 e. The third-order valence-electron chi connectivity index (χ3n) is 5.26. The van der Waals surface area contributed by atoms with E-state index in [0.717, 1.165) is 9.37 Å². The summed E-state index contributed by atoms with van der Waals surface area (Å²) in [6, 6.07) is 30.7. The summed E-state index contributed by atoms with van der Waals surface area (Å²) < 4.78 is 6.75. The molecule has 1 aliphatic heterocycles. The van der Waals surface area contributed by atoms with Crippen molar-refractivity contribution in [1.82, 2.24) is 0 Å². The number of para-hydroxylation sites is 1. The summed E-state index contributed by atoms with van der Waals surface area (Å²) >= 11 is 10.7. The van der Waals surface area contributed by atoms with Gasteiger partial charge in [0.2, 0.25) is 0 Å². The molecule has 1 aliphatic rings. The Labute approximate surface area is 225 Å². The zero-order valence-corrected chi connectivity index (χ0v) is 21.8. The Morgan fingerprint density at radius 1 is 0.750 bits per heavy atom. The predicted molar refractivity (Wildman–Crippen MR) is 148 cm³/mol. The molecule has 0 fully saturated rings. The van der Waals surface area contributed by atoms with Crippen molar-refractivity contribution < 1.29 is 14.3 Å². The second-order valence-electron chi connectivity index (χ2n) is 7.75. The monoisotopic (exact) mass is 576 g/mol. The van der Waals surface area contributed by atoms with Gasteiger partial charge in [-0.15, -0.1) is 0 Å². The number of nitrogens with one attached hydrogen (secondary N) is 1. The lowest BCUT2D eigenvalue weighted by Gasteiger charge is -2.16. The Bertz CT molecular complexity index is 1370. The molecule has 4 aromatic rings. The second-order valence-corrected chi connectivity index (χ2v) is 10.2. The Kier molecular flexibility index (Phi) is 7.13. The molecule has 0 saturated carbocycles. The Balaban J connectivity index is 1.44. The number of rotatable bonds is 7. The van der Waals surface area contributed by atoms with Crippen molar-refractivity contribution in [2.45, 2.75) is 4.90 Å². The molecule has 0 aliphatic carbocycles. The first kappa shape index (κ1) is 24.2. The number of ether oxygens (including phenoxy) is 1. The summed E-state index contributed by atoms with van der Waals surface area (Å²) in [7, 11) is 0. The normalized spacial score (nSPS) is 13.3. The van der Waals surface area contributed by atoms with E-state index < -0.39 is 11.8 Å². The summed E-state index contributed by atoms with van der Waals surface area (Å²) in [4.78, 5) is 29.3. The van der Waals surface area contributed by atoms with Crippen LogP contribution in [0.25, 0.3) is 0 Å². The van der Waals surface area contributed by atoms with E-state index >= 15 is 0 Å². The Morgan fingerprint density at radius 3 is 2.06 bits per heavy atom. The van der Waals surface area contributed by atoms with E-state index in [2.05, 4.69) is 21.2 Å². The fourth-order valence-electron chi connectivity index (χ4n) is 3.53. The van der Waals surface area contributed by atoms with Gasteiger partial charge in [0.1, 0.15) is 22.1 Å². The molecular weight excluding hydrogens is 560 g/mol. The topological polar surface area (TPSA) is 58.6 Å². The van der Waals surface area contributed by atoms with E-state index in [1.807, 2.05) is 66.7 Å². The van der Waals surface area contributed by atoms with Gasteiger partial charge in [-0.05, 0) is 84.9 Å². The molecule has 36 heavy (non-hydrogen) atoms. The van der Waals surface area contributed by atoms with Gasteiger partial charge in [0.25, 0.3) is 11.8 Å². The van der Waals surface area contributed by atoms with E-state index in [9.17, 15) is 9.59 Å². The maximum absolute atomic E-state index is 13.5. The van der Waals surface area contributed by atoms with Gasteiger partial charge in [-0.3, -0.25) is 9.59 Å². The van der Waals surface area contributed by atoms with Gasteiger partial charge in [-0.1, -0.05) is 57.5 Å². The number of thioether (sulfide) groups is 1. The van der Waals surface area contributed by atoms with Crippen LogP contribution in [0.15, 0.2) is 123 Å². The van der Waals surface area contributed by atoms with E-state index in [1.165, 1.54) is 16.7 Å². The van der Waals surface area contributed by atoms with Crippen molar-refractivity contribution in [3.8, 4) is 11.5 Å². The highest BCUT2D eigenvalue weighted by Crippen LogP contribution is 2.38. The minimum atomic E-state index is -0.434. The van der Waals surface area contributed by atoms with E-state index in [-0.39, 0.29) is 5.70 Å². The van der Waals surface area contributed by atoms with Crippen molar-refractivity contribution in [2.24, 2.45) is 0 Å². The Hall–Kier alpha value is -3.52. The summed E-state index contributed by atoms with van der Waals surface area (Å²) in [6.07, 6.45) is 0. The molecule has 0 bridgehead atoms. The fraction of sp³-hybridized carbons (Fsp3) is 0. The summed E-state index contributed by atoms with van der Waals surface area (Å²) in [6.45, 7) is 0. The van der Waals surface area contributed by atoms with Gasteiger partial charge in [-0.25, -0.2) is 4.90 Å². The smallest absolute Gasteiger partial charge is 0.283 e. The quantitative estimate of drug-likeness (QED) is 0.226. The van der Waals surface area contributed by atoms with Crippen LogP contribution in [0.2, 0.25) is 5.02 Å². The first-order chi connectivity index (χ1) is 17.5. The molecule has 5 rings (SSSR count). The van der Waals surface area contributed by atoms with Crippen LogP contribution < -0.4 is 15.0 Å². The van der Waals surface area contributed by atoms with Crippen LogP contribution in [0, 0.1) is 0 Å². The molecule has 0 aromatic heterocycles. The molecule has 4 aromatic carbocycles. The number of amides is 2. The molecule has 0 unspecified atom stereocenters. The maximum atomic E-state index is 13.5. The lowest BCUT2D eigenvalue weighted by molar-refractivity contribution is -0.120. The first-order valence-corrected chi connectivity index (χ1v) is 12.9. The lowest BCUT2D eigenvalue weighted by atomic mass is 10.2. The zero-order chi connectivity index (χ0) is 25.1. The molecule has 0 atom stereocenters. The number of nitrogens with zero attached hydrogens (tertiary/aromatic N) is 1. The van der Waals surface area contributed by atoms with Gasteiger partial charge in [0.15, 0.2) is 0 Å². The SMILES string of the molecule is O=C1C(Nc2ccc(Br)cc2)=C(Sc2ccc(Cl)cc2)C(=O)N1c1ccc(Oc2ccccc2)cc1. The number of carbonyl (C=O) groups excluding carboxylic acids is 2. The maximum Gasteiger partial charge on any atom is 0.283 e. The van der Waals surface area contributed by atoms with Crippen molar-refractivity contribution in [3.05, 3.63) is 123 Å². The van der Waals surface area contributed by atoms with Gasteiger partial charge in [-0.2, -0.15) is 0 Å². The summed E-state index contributed by atoms with van der Waals surface area (Å²) in [5.41, 5.74) is 1.36. The zero-order valence-electron chi connectivity index (χ0n) is 18.7. The minimum absolute atomic E-state index is 0.215. The fourth-order valence-corrected chi connectivity index (χ4v) is 4.85. The highest BCUT2D eigenvalue weighted by Gasteiger charge is 2.40. The Morgan fingerprint density at radius 2 is 1.39 bits per heavy atom. The number of benzene rings is 4. The molecule has 178 valence electrons. The number of imide groups is 1. The van der Waals surface area contributed by atoms with Crippen LogP contribution >= 0.6 is 39.3 Å². The van der Waals surface area contributed by atoms with Crippen molar-refractivity contribution in [3.63, 3.8) is 0 Å². The van der Waals surface area contributed by atoms with E-state index in [4.69, 9.17) is 16.3 Å². The summed E-state index contributed by atoms with van der Waals surface area (Å²) in [5, 5.41) is 3.74. The lowest BCUT2D eigenvalue weighted by Crippen LogP contribution is -2.32. The van der Waals surface area contributed by atoms with E-state index in [0.29, 0.717) is 32.8 Å². The molecule has 8 heteroatoms. The highest BCUT2D eigenvalue weighted by molar-refractivity contribution is 9.10. The van der Waals surface area contributed by atoms with Crippen LogP contribution in [0.3, 0.4) is 0 Å². The molecule has 2 amide bonds. The molecule has 1 heterocycles. The van der Waals surface area contributed by atoms with Crippen molar-refractivity contribution >= 4 is 62.5 Å². The average Bonchev–Trinajstić information content (AvgIpc) is 3.12. The van der Waals surface area contributed by atoms with E-state index in [1.54, 1.807) is 36.4 Å². The molecule has 0 spiro atoms. The summed E-state index contributed by atoms with van der Waals surface area (Å²) in [5.74, 6) is 0.455. The molecule has 0 radical (unpaired) electrons. The number of hydrogen-bond acceptors (Lipinski definition) is 5. The van der Waals surface area contributed by atoms with Crippen LogP contribution in [0.1, 0.15) is 0 Å². The third-order valence-corrected chi connectivity index (χ3v) is 7.13. The molecular formula is C28H18BrClN2O3S. The van der Waals surface area contributed by atoms with Gasteiger partial charge >= 0.3 is 0 Å². The molecule has 0 saturated heterocycles. The standard InChI is InChI=1S/C28H18BrClN2O3S/c29-18-6-10-20(11-7-18)31-25-26(36-24-16-8-19(30)9-17-24)28(34)32(27(25)33)21-12-14-23(15-13-21)35-22-4-2-1-3-5-22/h1-17,31H. The van der Waals surface area contributed by atoms with Crippen molar-refractivity contribution in [2.75, 3.05) is 10.2 Å².